The number of rotatable bonds is 2. The highest BCUT2D eigenvalue weighted by Gasteiger charge is 2.40. The lowest BCUT2D eigenvalue weighted by Gasteiger charge is -2.27. The molecule has 1 N–H and O–H groups in total. The molecule has 5 heteroatoms. The van der Waals surface area contributed by atoms with Crippen molar-refractivity contribution in [3.8, 4) is 5.75 Å². The third-order valence-corrected chi connectivity index (χ3v) is 3.88. The van der Waals surface area contributed by atoms with Gasteiger partial charge in [-0.15, -0.1) is 0 Å². The molecule has 2 aliphatic rings. The van der Waals surface area contributed by atoms with Gasteiger partial charge in [0, 0.05) is 7.05 Å². The minimum atomic E-state index is -0.126. The highest BCUT2D eigenvalue weighted by Crippen LogP contribution is 2.40. The van der Waals surface area contributed by atoms with Crippen molar-refractivity contribution in [2.45, 2.75) is 26.0 Å². The highest BCUT2D eigenvalue weighted by atomic mass is 16.5. The minimum Gasteiger partial charge on any atom is -0.489 e. The van der Waals surface area contributed by atoms with E-state index in [-0.39, 0.29) is 24.0 Å². The van der Waals surface area contributed by atoms with Gasteiger partial charge in [-0.1, -0.05) is 6.07 Å². The van der Waals surface area contributed by atoms with E-state index < -0.39 is 0 Å². The summed E-state index contributed by atoms with van der Waals surface area (Å²) in [5.74, 6) is 0.607. The number of hydrogen-bond acceptors (Lipinski definition) is 4. The molecule has 20 heavy (non-hydrogen) atoms. The number of para-hydroxylation sites is 1. The molecule has 0 saturated carbocycles. The molecule has 108 valence electrons. The molecule has 0 aromatic heterocycles. The normalized spacial score (nSPS) is 25.0. The molecule has 0 spiro atoms. The molecule has 3 rings (SSSR count). The number of fused-ring (bicyclic) bond motifs is 2. The molecule has 2 atom stereocenters. The summed E-state index contributed by atoms with van der Waals surface area (Å²) in [6.45, 7) is 5.02. The number of carbonyl (C=O) groups excluding carboxylic acids is 1. The first-order valence-corrected chi connectivity index (χ1v) is 6.99. The number of ether oxygens (including phenoxy) is 2. The molecular weight excluding hydrogens is 256 g/mol. The van der Waals surface area contributed by atoms with Crippen LogP contribution in [0.1, 0.15) is 13.8 Å². The van der Waals surface area contributed by atoms with Crippen LogP contribution in [0.25, 0.3) is 0 Å². The molecular formula is C15H20N2O3. The summed E-state index contributed by atoms with van der Waals surface area (Å²) < 4.78 is 11.3. The molecule has 2 aliphatic heterocycles. The summed E-state index contributed by atoms with van der Waals surface area (Å²) in [5, 5.41) is 3.01. The lowest BCUT2D eigenvalue weighted by atomic mass is 10.0. The molecule has 1 aromatic carbocycles. The van der Waals surface area contributed by atoms with Gasteiger partial charge in [0.2, 0.25) is 5.91 Å². The molecule has 1 fully saturated rings. The van der Waals surface area contributed by atoms with E-state index in [1.165, 1.54) is 0 Å². The molecule has 0 aliphatic carbocycles. The smallest absolute Gasteiger partial charge is 0.232 e. The quantitative estimate of drug-likeness (QED) is 0.896. The zero-order valence-electron chi connectivity index (χ0n) is 12.1. The Morgan fingerprint density at radius 1 is 1.40 bits per heavy atom. The van der Waals surface area contributed by atoms with Crippen LogP contribution in [-0.2, 0) is 9.53 Å². The average Bonchev–Trinajstić information content (AvgIpc) is 2.85. The Labute approximate surface area is 118 Å². The van der Waals surface area contributed by atoms with Gasteiger partial charge in [0.25, 0.3) is 0 Å². The van der Waals surface area contributed by atoms with Gasteiger partial charge in [-0.25, -0.2) is 0 Å². The number of likely N-dealkylation sites (N-methyl/N-ethyl adjacent to an activating group) is 1. The van der Waals surface area contributed by atoms with Crippen LogP contribution in [0.4, 0.5) is 11.4 Å². The Morgan fingerprint density at radius 2 is 2.20 bits per heavy atom. The van der Waals surface area contributed by atoms with Gasteiger partial charge in [-0.05, 0) is 26.0 Å². The molecule has 0 radical (unpaired) electrons. The van der Waals surface area contributed by atoms with Crippen LogP contribution in [-0.4, -0.2) is 38.3 Å². The van der Waals surface area contributed by atoms with Crippen molar-refractivity contribution in [3.05, 3.63) is 18.2 Å². The summed E-state index contributed by atoms with van der Waals surface area (Å²) in [7, 11) is 2.00. The first-order chi connectivity index (χ1) is 9.58. The Morgan fingerprint density at radius 3 is 2.95 bits per heavy atom. The number of benzene rings is 1. The second-order valence-electron chi connectivity index (χ2n) is 5.63. The fraction of sp³-hybridized carbons (Fsp3) is 0.533. The molecule has 0 bridgehead atoms. The molecule has 2 unspecified atom stereocenters. The Hall–Kier alpha value is -1.75. The molecule has 1 amide bonds. The monoisotopic (exact) mass is 276 g/mol. The van der Waals surface area contributed by atoms with Crippen LogP contribution in [0.5, 0.6) is 5.75 Å². The summed E-state index contributed by atoms with van der Waals surface area (Å²) >= 11 is 0. The Kier molecular flexibility index (Phi) is 3.30. The SMILES string of the molecule is CC(C)Oc1cccc2c1NC(=O)C1COCC1N2C. The third-order valence-electron chi connectivity index (χ3n) is 3.88. The van der Waals surface area contributed by atoms with Crippen molar-refractivity contribution in [1.82, 2.24) is 0 Å². The summed E-state index contributed by atoms with van der Waals surface area (Å²) in [4.78, 5) is 14.5. The Bertz CT molecular complexity index is 530. The van der Waals surface area contributed by atoms with Crippen LogP contribution in [0.2, 0.25) is 0 Å². The van der Waals surface area contributed by atoms with E-state index in [9.17, 15) is 4.79 Å². The standard InChI is InChI=1S/C15H20N2O3/c1-9(2)20-13-6-4-5-11-14(13)16-15(18)10-7-19-8-12(10)17(11)3/h4-6,9-10,12H,7-8H2,1-3H3,(H,16,18). The van der Waals surface area contributed by atoms with Gasteiger partial charge < -0.3 is 19.7 Å². The van der Waals surface area contributed by atoms with Crippen LogP contribution in [0.15, 0.2) is 18.2 Å². The van der Waals surface area contributed by atoms with E-state index in [1.54, 1.807) is 0 Å². The van der Waals surface area contributed by atoms with Crippen molar-refractivity contribution >= 4 is 17.3 Å². The second kappa shape index (κ2) is 4.98. The number of anilines is 2. The maximum absolute atomic E-state index is 12.4. The highest BCUT2D eigenvalue weighted by molar-refractivity contribution is 6.00. The zero-order valence-corrected chi connectivity index (χ0v) is 12.1. The molecule has 1 aromatic rings. The van der Waals surface area contributed by atoms with Crippen molar-refractivity contribution in [1.29, 1.82) is 0 Å². The first kappa shape index (κ1) is 13.2. The van der Waals surface area contributed by atoms with E-state index in [1.807, 2.05) is 39.1 Å². The molecule has 1 saturated heterocycles. The number of nitrogens with one attached hydrogen (secondary N) is 1. The van der Waals surface area contributed by atoms with Gasteiger partial charge >= 0.3 is 0 Å². The lowest BCUT2D eigenvalue weighted by Crippen LogP contribution is -2.40. The fourth-order valence-corrected chi connectivity index (χ4v) is 2.86. The van der Waals surface area contributed by atoms with Crippen LogP contribution >= 0.6 is 0 Å². The van der Waals surface area contributed by atoms with E-state index in [0.29, 0.717) is 13.2 Å². The summed E-state index contributed by atoms with van der Waals surface area (Å²) in [6, 6.07) is 5.94. The topological polar surface area (TPSA) is 50.8 Å². The largest absolute Gasteiger partial charge is 0.489 e. The van der Waals surface area contributed by atoms with Crippen molar-refractivity contribution in [2.24, 2.45) is 5.92 Å². The predicted octanol–water partition coefficient (Wildman–Crippen LogP) is 1.88. The van der Waals surface area contributed by atoms with E-state index in [0.717, 1.165) is 17.1 Å². The van der Waals surface area contributed by atoms with Gasteiger partial charge in [0.15, 0.2) is 0 Å². The average molecular weight is 276 g/mol. The summed E-state index contributed by atoms with van der Waals surface area (Å²) in [5.41, 5.74) is 1.75. The van der Waals surface area contributed by atoms with Gasteiger partial charge in [-0.3, -0.25) is 4.79 Å². The number of amides is 1. The lowest BCUT2D eigenvalue weighted by molar-refractivity contribution is -0.120. The molecule has 2 heterocycles. The van der Waals surface area contributed by atoms with Crippen LogP contribution < -0.4 is 15.0 Å². The molecule has 5 nitrogen and oxygen atoms in total. The number of nitrogens with zero attached hydrogens (tertiary/aromatic N) is 1. The first-order valence-electron chi connectivity index (χ1n) is 6.99. The van der Waals surface area contributed by atoms with Crippen LogP contribution in [0, 0.1) is 5.92 Å². The maximum atomic E-state index is 12.4. The van der Waals surface area contributed by atoms with E-state index in [4.69, 9.17) is 9.47 Å². The second-order valence-corrected chi connectivity index (χ2v) is 5.63. The predicted molar refractivity (Wildman–Crippen MR) is 77.3 cm³/mol. The van der Waals surface area contributed by atoms with Crippen molar-refractivity contribution in [2.75, 3.05) is 30.5 Å². The fourth-order valence-electron chi connectivity index (χ4n) is 2.86. The van der Waals surface area contributed by atoms with Gasteiger partial charge in [-0.2, -0.15) is 0 Å². The van der Waals surface area contributed by atoms with E-state index >= 15 is 0 Å². The van der Waals surface area contributed by atoms with Crippen molar-refractivity contribution in [3.63, 3.8) is 0 Å². The van der Waals surface area contributed by atoms with Crippen molar-refractivity contribution < 1.29 is 14.3 Å². The van der Waals surface area contributed by atoms with Gasteiger partial charge in [0.1, 0.15) is 11.4 Å². The van der Waals surface area contributed by atoms with Crippen LogP contribution in [0.3, 0.4) is 0 Å². The zero-order chi connectivity index (χ0) is 14.3. The van der Waals surface area contributed by atoms with Gasteiger partial charge in [0.05, 0.1) is 37.0 Å². The Balaban J connectivity index is 2.04. The van der Waals surface area contributed by atoms with E-state index in [2.05, 4.69) is 10.2 Å². The minimum absolute atomic E-state index is 0.0120. The maximum Gasteiger partial charge on any atom is 0.232 e. The number of hydrogen-bond donors (Lipinski definition) is 1. The summed E-state index contributed by atoms with van der Waals surface area (Å²) in [6.07, 6.45) is 0.0646. The third kappa shape index (κ3) is 2.12. The number of carbonyl (C=O) groups is 1.